The average molecular weight is 449 g/mol. The molecule has 0 saturated heterocycles. The minimum Gasteiger partial charge on any atom is -0.427 e. The average Bonchev–Trinajstić information content (AvgIpc) is 2.76. The van der Waals surface area contributed by atoms with Crippen LogP contribution in [0.4, 0.5) is 5.69 Å². The Balaban J connectivity index is 1.57. The third kappa shape index (κ3) is 7.11. The molecule has 0 spiro atoms. The van der Waals surface area contributed by atoms with Crippen molar-refractivity contribution in [2.24, 2.45) is 0 Å². The van der Waals surface area contributed by atoms with Crippen molar-refractivity contribution < 1.29 is 19.1 Å². The smallest absolute Gasteiger partial charge is 0.308 e. The van der Waals surface area contributed by atoms with E-state index in [1.54, 1.807) is 54.6 Å². The van der Waals surface area contributed by atoms with Crippen molar-refractivity contribution in [3.8, 4) is 5.75 Å². The van der Waals surface area contributed by atoms with Crippen LogP contribution in [0.15, 0.2) is 78.9 Å². The summed E-state index contributed by atoms with van der Waals surface area (Å²) in [6.07, 6.45) is 3.12. The van der Waals surface area contributed by atoms with Crippen molar-refractivity contribution in [1.29, 1.82) is 0 Å². The van der Waals surface area contributed by atoms with E-state index in [-0.39, 0.29) is 11.8 Å². The van der Waals surface area contributed by atoms with Crippen molar-refractivity contribution in [3.05, 3.63) is 101 Å². The lowest BCUT2D eigenvalue weighted by Gasteiger charge is -2.09. The first-order valence-electron chi connectivity index (χ1n) is 9.79. The van der Waals surface area contributed by atoms with E-state index in [4.69, 9.17) is 16.3 Å². The van der Waals surface area contributed by atoms with E-state index >= 15 is 0 Å². The third-order valence-corrected chi connectivity index (χ3v) is 4.52. The number of carbonyl (C=O) groups excluding carboxylic acids is 3. The summed E-state index contributed by atoms with van der Waals surface area (Å²) in [6.45, 7) is 1.59. The number of ether oxygens (including phenoxy) is 1. The number of nitrogens with one attached hydrogen (secondary N) is 2. The van der Waals surface area contributed by atoms with Crippen molar-refractivity contribution in [2.45, 2.75) is 13.5 Å². The molecule has 162 valence electrons. The Kier molecular flexibility index (Phi) is 7.78. The van der Waals surface area contributed by atoms with Gasteiger partial charge in [-0.05, 0) is 59.7 Å². The molecule has 0 aliphatic rings. The molecular formula is C25H21ClN2O4. The highest BCUT2D eigenvalue weighted by Gasteiger charge is 2.09. The van der Waals surface area contributed by atoms with Gasteiger partial charge in [0.05, 0.1) is 0 Å². The zero-order valence-corrected chi connectivity index (χ0v) is 18.1. The summed E-state index contributed by atoms with van der Waals surface area (Å²) >= 11 is 5.93. The molecular weight excluding hydrogens is 428 g/mol. The van der Waals surface area contributed by atoms with Crippen molar-refractivity contribution in [2.75, 3.05) is 5.32 Å². The van der Waals surface area contributed by atoms with Gasteiger partial charge in [0.1, 0.15) is 5.75 Å². The molecule has 0 atom stereocenters. The number of amides is 2. The second-order valence-electron chi connectivity index (χ2n) is 6.88. The van der Waals surface area contributed by atoms with Gasteiger partial charge in [-0.15, -0.1) is 0 Å². The molecule has 3 rings (SSSR count). The highest BCUT2D eigenvalue weighted by atomic mass is 35.5. The lowest BCUT2D eigenvalue weighted by atomic mass is 10.1. The number of rotatable bonds is 7. The van der Waals surface area contributed by atoms with Gasteiger partial charge in [-0.25, -0.2) is 0 Å². The molecule has 0 aliphatic carbocycles. The summed E-state index contributed by atoms with van der Waals surface area (Å²) in [5.74, 6) is -0.751. The predicted octanol–water partition coefficient (Wildman–Crippen LogP) is 4.85. The first-order valence-corrected chi connectivity index (χ1v) is 10.2. The molecule has 2 amide bonds. The maximum Gasteiger partial charge on any atom is 0.308 e. The highest BCUT2D eigenvalue weighted by molar-refractivity contribution is 6.30. The minimum absolute atomic E-state index is 0.248. The van der Waals surface area contributed by atoms with Crippen LogP contribution >= 0.6 is 11.6 Å². The van der Waals surface area contributed by atoms with Crippen molar-refractivity contribution in [1.82, 2.24) is 5.32 Å². The number of halogens is 1. The quantitative estimate of drug-likeness (QED) is 0.307. The molecule has 6 nitrogen and oxygen atoms in total. The zero-order valence-electron chi connectivity index (χ0n) is 17.3. The van der Waals surface area contributed by atoms with Crippen LogP contribution in [0.2, 0.25) is 5.02 Å². The van der Waals surface area contributed by atoms with Gasteiger partial charge >= 0.3 is 5.97 Å². The van der Waals surface area contributed by atoms with E-state index in [1.165, 1.54) is 19.1 Å². The summed E-state index contributed by atoms with van der Waals surface area (Å²) in [6, 6.07) is 20.7. The Morgan fingerprint density at radius 1 is 0.969 bits per heavy atom. The molecule has 0 saturated carbocycles. The summed E-state index contributed by atoms with van der Waals surface area (Å²) < 4.78 is 5.01. The predicted molar refractivity (Wildman–Crippen MR) is 124 cm³/mol. The number of carbonyl (C=O) groups is 3. The van der Waals surface area contributed by atoms with Crippen LogP contribution < -0.4 is 15.4 Å². The highest BCUT2D eigenvalue weighted by Crippen LogP contribution is 2.17. The Morgan fingerprint density at radius 3 is 2.53 bits per heavy atom. The molecule has 0 radical (unpaired) electrons. The van der Waals surface area contributed by atoms with E-state index in [1.807, 2.05) is 18.2 Å². The fourth-order valence-corrected chi connectivity index (χ4v) is 3.06. The number of benzene rings is 3. The zero-order chi connectivity index (χ0) is 22.9. The first-order chi connectivity index (χ1) is 15.4. The van der Waals surface area contributed by atoms with Crippen LogP contribution in [-0.2, 0) is 16.1 Å². The molecule has 32 heavy (non-hydrogen) atoms. The van der Waals surface area contributed by atoms with Gasteiger partial charge < -0.3 is 15.4 Å². The molecule has 0 heterocycles. The molecule has 0 aromatic heterocycles. The fourth-order valence-electron chi connectivity index (χ4n) is 2.86. The van der Waals surface area contributed by atoms with Crippen LogP contribution in [0.3, 0.4) is 0 Å². The molecule has 3 aromatic carbocycles. The van der Waals surface area contributed by atoms with Gasteiger partial charge in [0.2, 0.25) is 5.91 Å². The lowest BCUT2D eigenvalue weighted by Crippen LogP contribution is -2.20. The fraction of sp³-hybridized carbons (Fsp3) is 0.0800. The monoisotopic (exact) mass is 448 g/mol. The Bertz CT molecular complexity index is 1170. The van der Waals surface area contributed by atoms with Crippen LogP contribution in [0, 0.1) is 0 Å². The van der Waals surface area contributed by atoms with Crippen molar-refractivity contribution in [3.63, 3.8) is 0 Å². The second kappa shape index (κ2) is 10.9. The van der Waals surface area contributed by atoms with Gasteiger partial charge in [-0.2, -0.15) is 0 Å². The lowest BCUT2D eigenvalue weighted by molar-refractivity contribution is -0.131. The van der Waals surface area contributed by atoms with E-state index in [0.29, 0.717) is 28.6 Å². The van der Waals surface area contributed by atoms with Gasteiger partial charge in [0.15, 0.2) is 0 Å². The molecule has 0 unspecified atom stereocenters. The van der Waals surface area contributed by atoms with Gasteiger partial charge in [-0.1, -0.05) is 41.9 Å². The SMILES string of the molecule is CC(=O)Oc1cccc(C(=O)Nc2cccc(CNC(=O)/C=C/c3cccc(Cl)c3)c2)c1. The topological polar surface area (TPSA) is 84.5 Å². The Morgan fingerprint density at radius 2 is 1.75 bits per heavy atom. The third-order valence-electron chi connectivity index (χ3n) is 4.29. The van der Waals surface area contributed by atoms with E-state index in [2.05, 4.69) is 10.6 Å². The minimum atomic E-state index is -0.459. The van der Waals surface area contributed by atoms with Gasteiger partial charge in [0.25, 0.3) is 5.91 Å². The standard InChI is InChI=1S/C25H21ClN2O4/c1-17(29)32-23-10-4-7-20(15-23)25(31)28-22-9-3-6-19(14-22)16-27-24(30)12-11-18-5-2-8-21(26)13-18/h2-15H,16H2,1H3,(H,27,30)(H,28,31)/b12-11+. The second-order valence-corrected chi connectivity index (χ2v) is 7.32. The normalized spacial score (nSPS) is 10.6. The Hall–Kier alpha value is -3.90. The molecule has 7 heteroatoms. The van der Waals surface area contributed by atoms with Crippen LogP contribution in [0.1, 0.15) is 28.4 Å². The summed E-state index contributed by atoms with van der Waals surface area (Å²) in [5, 5.41) is 6.20. The maximum absolute atomic E-state index is 12.5. The van der Waals surface area contributed by atoms with Gasteiger partial charge in [-0.3, -0.25) is 14.4 Å². The number of esters is 1. The van der Waals surface area contributed by atoms with Crippen molar-refractivity contribution >= 4 is 41.1 Å². The van der Waals surface area contributed by atoms with E-state index in [9.17, 15) is 14.4 Å². The molecule has 2 N–H and O–H groups in total. The number of hydrogen-bond acceptors (Lipinski definition) is 4. The molecule has 0 aliphatic heterocycles. The molecule has 3 aromatic rings. The summed E-state index contributed by atoms with van der Waals surface area (Å²) in [5.41, 5.74) is 2.58. The van der Waals surface area contributed by atoms with Gasteiger partial charge in [0, 0.05) is 35.8 Å². The molecule has 0 bridgehead atoms. The van der Waals surface area contributed by atoms with E-state index in [0.717, 1.165) is 11.1 Å². The number of hydrogen-bond donors (Lipinski definition) is 2. The maximum atomic E-state index is 12.5. The molecule has 0 fully saturated rings. The summed E-state index contributed by atoms with van der Waals surface area (Å²) in [4.78, 5) is 35.7. The first kappa shape index (κ1) is 22.8. The number of anilines is 1. The summed E-state index contributed by atoms with van der Waals surface area (Å²) in [7, 11) is 0. The van der Waals surface area contributed by atoms with Crippen LogP contribution in [-0.4, -0.2) is 17.8 Å². The van der Waals surface area contributed by atoms with Crippen LogP contribution in [0.5, 0.6) is 5.75 Å². The van der Waals surface area contributed by atoms with Crippen LogP contribution in [0.25, 0.3) is 6.08 Å². The largest absolute Gasteiger partial charge is 0.427 e. The van der Waals surface area contributed by atoms with E-state index < -0.39 is 5.97 Å². The Labute approximate surface area is 190 Å².